The van der Waals surface area contributed by atoms with Crippen molar-refractivity contribution < 1.29 is 8.42 Å². The van der Waals surface area contributed by atoms with Crippen molar-refractivity contribution in [3.8, 4) is 0 Å². The SMILES string of the molecule is Cc1nn(C)cc1NS(=O)(=O)CCN1CCNCC1. The number of sulfonamides is 1. The number of rotatable bonds is 5. The van der Waals surface area contributed by atoms with Gasteiger partial charge < -0.3 is 5.32 Å². The zero-order chi connectivity index (χ0) is 13.9. The fourth-order valence-corrected chi connectivity index (χ4v) is 3.24. The summed E-state index contributed by atoms with van der Waals surface area (Å²) < 4.78 is 28.2. The molecule has 0 atom stereocenters. The van der Waals surface area contributed by atoms with Crippen molar-refractivity contribution in [2.24, 2.45) is 7.05 Å². The van der Waals surface area contributed by atoms with E-state index in [2.05, 4.69) is 20.0 Å². The minimum Gasteiger partial charge on any atom is -0.314 e. The minimum absolute atomic E-state index is 0.112. The first kappa shape index (κ1) is 14.3. The largest absolute Gasteiger partial charge is 0.314 e. The van der Waals surface area contributed by atoms with Gasteiger partial charge in [0, 0.05) is 46.0 Å². The molecule has 0 unspecified atom stereocenters. The molecule has 19 heavy (non-hydrogen) atoms. The Morgan fingerprint density at radius 3 is 2.68 bits per heavy atom. The Kier molecular flexibility index (Phi) is 4.43. The van der Waals surface area contributed by atoms with Gasteiger partial charge in [0.15, 0.2) is 0 Å². The van der Waals surface area contributed by atoms with Crippen molar-refractivity contribution in [1.29, 1.82) is 0 Å². The lowest BCUT2D eigenvalue weighted by atomic mass is 10.4. The minimum atomic E-state index is -3.31. The fourth-order valence-electron chi connectivity index (χ4n) is 2.10. The third kappa shape index (κ3) is 4.19. The lowest BCUT2D eigenvalue weighted by molar-refractivity contribution is 0.254. The van der Waals surface area contributed by atoms with Crippen LogP contribution in [0.4, 0.5) is 5.69 Å². The summed E-state index contributed by atoms with van der Waals surface area (Å²) in [5.74, 6) is 0.112. The first-order valence-electron chi connectivity index (χ1n) is 6.40. The predicted octanol–water partition coefficient (Wildman–Crippen LogP) is -0.625. The standard InChI is InChI=1S/C11H21N5O2S/c1-10-11(9-15(2)13-10)14-19(17,18)8-7-16-5-3-12-4-6-16/h9,12,14H,3-8H2,1-2H3. The molecule has 1 aliphatic rings. The Morgan fingerprint density at radius 1 is 1.42 bits per heavy atom. The maximum absolute atomic E-state index is 12.0. The topological polar surface area (TPSA) is 79.3 Å². The Balaban J connectivity index is 1.89. The third-order valence-electron chi connectivity index (χ3n) is 3.16. The molecule has 0 spiro atoms. The van der Waals surface area contributed by atoms with Crippen LogP contribution in [0.5, 0.6) is 0 Å². The molecule has 0 aromatic carbocycles. The first-order valence-corrected chi connectivity index (χ1v) is 8.05. The number of hydrogen-bond acceptors (Lipinski definition) is 5. The van der Waals surface area contributed by atoms with Crippen LogP contribution in [0.25, 0.3) is 0 Å². The first-order chi connectivity index (χ1) is 8.96. The van der Waals surface area contributed by atoms with Gasteiger partial charge in [-0.1, -0.05) is 0 Å². The summed E-state index contributed by atoms with van der Waals surface area (Å²) in [5.41, 5.74) is 1.25. The van der Waals surface area contributed by atoms with E-state index in [1.54, 1.807) is 24.9 Å². The number of nitrogens with one attached hydrogen (secondary N) is 2. The molecule has 2 N–H and O–H groups in total. The lowest BCUT2D eigenvalue weighted by Crippen LogP contribution is -2.45. The average molecular weight is 287 g/mol. The second kappa shape index (κ2) is 5.89. The van der Waals surface area contributed by atoms with Crippen molar-refractivity contribution in [3.05, 3.63) is 11.9 Å². The smallest absolute Gasteiger partial charge is 0.234 e. The van der Waals surface area contributed by atoms with E-state index in [4.69, 9.17) is 0 Å². The van der Waals surface area contributed by atoms with E-state index < -0.39 is 10.0 Å². The molecule has 0 radical (unpaired) electrons. The molecule has 8 heteroatoms. The third-order valence-corrected chi connectivity index (χ3v) is 4.42. The van der Waals surface area contributed by atoms with Gasteiger partial charge in [0.2, 0.25) is 10.0 Å². The van der Waals surface area contributed by atoms with Gasteiger partial charge in [-0.15, -0.1) is 0 Å². The van der Waals surface area contributed by atoms with Gasteiger partial charge in [-0.2, -0.15) is 5.10 Å². The molecule has 0 bridgehead atoms. The molecule has 108 valence electrons. The molecule has 0 saturated carbocycles. The number of aryl methyl sites for hydroxylation is 2. The molecule has 2 heterocycles. The maximum atomic E-state index is 12.0. The van der Waals surface area contributed by atoms with E-state index >= 15 is 0 Å². The summed E-state index contributed by atoms with van der Waals surface area (Å²) in [7, 11) is -1.54. The van der Waals surface area contributed by atoms with E-state index in [1.807, 2.05) is 0 Å². The van der Waals surface area contributed by atoms with E-state index in [0.717, 1.165) is 26.2 Å². The molecule has 1 aromatic heterocycles. The zero-order valence-electron chi connectivity index (χ0n) is 11.4. The summed E-state index contributed by atoms with van der Waals surface area (Å²) in [5, 5.41) is 7.36. The molecule has 2 rings (SSSR count). The summed E-state index contributed by atoms with van der Waals surface area (Å²) >= 11 is 0. The van der Waals surface area contributed by atoms with Crippen LogP contribution >= 0.6 is 0 Å². The van der Waals surface area contributed by atoms with Crippen LogP contribution in [0.2, 0.25) is 0 Å². The molecule has 1 fully saturated rings. The van der Waals surface area contributed by atoms with Gasteiger partial charge in [0.1, 0.15) is 0 Å². The monoisotopic (exact) mass is 287 g/mol. The Morgan fingerprint density at radius 2 is 2.11 bits per heavy atom. The zero-order valence-corrected chi connectivity index (χ0v) is 12.2. The van der Waals surface area contributed by atoms with Crippen molar-refractivity contribution in [2.45, 2.75) is 6.92 Å². The molecular formula is C11H21N5O2S. The van der Waals surface area contributed by atoms with Crippen LogP contribution in [0, 0.1) is 6.92 Å². The Bertz CT molecular complexity index is 519. The predicted molar refractivity (Wildman–Crippen MR) is 74.7 cm³/mol. The van der Waals surface area contributed by atoms with Crippen LogP contribution in [0.3, 0.4) is 0 Å². The fraction of sp³-hybridized carbons (Fsp3) is 0.727. The molecule has 0 amide bonds. The Labute approximate surface area is 114 Å². The molecule has 1 aromatic rings. The van der Waals surface area contributed by atoms with E-state index in [1.165, 1.54) is 0 Å². The highest BCUT2D eigenvalue weighted by molar-refractivity contribution is 7.92. The maximum Gasteiger partial charge on any atom is 0.234 e. The summed E-state index contributed by atoms with van der Waals surface area (Å²) in [6.45, 7) is 6.01. The summed E-state index contributed by atoms with van der Waals surface area (Å²) in [6.07, 6.45) is 1.68. The quantitative estimate of drug-likeness (QED) is 0.754. The van der Waals surface area contributed by atoms with Crippen molar-refractivity contribution >= 4 is 15.7 Å². The van der Waals surface area contributed by atoms with Crippen molar-refractivity contribution in [2.75, 3.05) is 43.2 Å². The molecule has 1 saturated heterocycles. The number of hydrogen-bond donors (Lipinski definition) is 2. The molecule has 7 nitrogen and oxygen atoms in total. The molecule has 0 aliphatic carbocycles. The highest BCUT2D eigenvalue weighted by Crippen LogP contribution is 2.13. The number of aromatic nitrogens is 2. The van der Waals surface area contributed by atoms with E-state index in [9.17, 15) is 8.42 Å². The van der Waals surface area contributed by atoms with Crippen LogP contribution in [0.1, 0.15) is 5.69 Å². The highest BCUT2D eigenvalue weighted by Gasteiger charge is 2.17. The number of anilines is 1. The van der Waals surface area contributed by atoms with Crippen LogP contribution < -0.4 is 10.0 Å². The summed E-state index contributed by atoms with van der Waals surface area (Å²) in [6, 6.07) is 0. The molecule has 1 aliphatic heterocycles. The normalized spacial score (nSPS) is 17.6. The van der Waals surface area contributed by atoms with Gasteiger partial charge in [-0.3, -0.25) is 14.3 Å². The van der Waals surface area contributed by atoms with Gasteiger partial charge in [-0.05, 0) is 6.92 Å². The second-order valence-corrected chi connectivity index (χ2v) is 6.66. The van der Waals surface area contributed by atoms with E-state index in [-0.39, 0.29) is 5.75 Å². The highest BCUT2D eigenvalue weighted by atomic mass is 32.2. The van der Waals surface area contributed by atoms with Crippen LogP contribution in [0.15, 0.2) is 6.20 Å². The van der Waals surface area contributed by atoms with Gasteiger partial charge in [0.25, 0.3) is 0 Å². The van der Waals surface area contributed by atoms with Crippen molar-refractivity contribution in [1.82, 2.24) is 20.0 Å². The average Bonchev–Trinajstić information content (AvgIpc) is 2.66. The molecular weight excluding hydrogens is 266 g/mol. The van der Waals surface area contributed by atoms with Gasteiger partial charge in [-0.25, -0.2) is 8.42 Å². The lowest BCUT2D eigenvalue weighted by Gasteiger charge is -2.26. The Hall–Kier alpha value is -1.12. The van der Waals surface area contributed by atoms with E-state index in [0.29, 0.717) is 17.9 Å². The van der Waals surface area contributed by atoms with Gasteiger partial charge in [0.05, 0.1) is 17.1 Å². The summed E-state index contributed by atoms with van der Waals surface area (Å²) in [4.78, 5) is 2.16. The number of nitrogens with zero attached hydrogens (tertiary/aromatic N) is 3. The second-order valence-electron chi connectivity index (χ2n) is 4.81. The van der Waals surface area contributed by atoms with Crippen LogP contribution in [-0.4, -0.2) is 61.6 Å². The van der Waals surface area contributed by atoms with Crippen molar-refractivity contribution in [3.63, 3.8) is 0 Å². The number of piperazine rings is 1. The van der Waals surface area contributed by atoms with Crippen LogP contribution in [-0.2, 0) is 17.1 Å². The van der Waals surface area contributed by atoms with Gasteiger partial charge >= 0.3 is 0 Å².